The minimum absolute atomic E-state index is 0.0478. The van der Waals surface area contributed by atoms with Crippen molar-refractivity contribution in [1.82, 2.24) is 5.32 Å². The lowest BCUT2D eigenvalue weighted by molar-refractivity contribution is -0.384. The van der Waals surface area contributed by atoms with E-state index in [9.17, 15) is 28.9 Å². The van der Waals surface area contributed by atoms with Crippen molar-refractivity contribution in [1.29, 1.82) is 0 Å². The highest BCUT2D eigenvalue weighted by atomic mass is 35.5. The average molecular weight is 681 g/mol. The number of halogens is 2. The summed E-state index contributed by atoms with van der Waals surface area (Å²) in [5.74, 6) is -2.38. The van der Waals surface area contributed by atoms with E-state index in [0.717, 1.165) is 0 Å². The van der Waals surface area contributed by atoms with Crippen LogP contribution >= 0.6 is 23.4 Å². The van der Waals surface area contributed by atoms with Gasteiger partial charge in [-0.1, -0.05) is 72.3 Å². The molecule has 1 atom stereocenters. The van der Waals surface area contributed by atoms with Crippen LogP contribution < -0.4 is 16.0 Å². The number of nitrogens with one attached hydrogen (secondary N) is 3. The maximum absolute atomic E-state index is 14.7. The molecular formula is C36H26ClFN4O5S. The van der Waals surface area contributed by atoms with Crippen LogP contribution in [0.2, 0.25) is 5.02 Å². The van der Waals surface area contributed by atoms with Crippen LogP contribution in [-0.4, -0.2) is 22.6 Å². The lowest BCUT2D eigenvalue weighted by atomic mass is 10.1. The smallest absolute Gasteiger partial charge is 0.272 e. The molecule has 0 aliphatic rings. The topological polar surface area (TPSA) is 130 Å². The summed E-state index contributed by atoms with van der Waals surface area (Å²) < 4.78 is 14.7. The van der Waals surface area contributed by atoms with Crippen molar-refractivity contribution < 1.29 is 23.7 Å². The summed E-state index contributed by atoms with van der Waals surface area (Å²) in [5, 5.41) is 18.4. The molecule has 0 radical (unpaired) electrons. The van der Waals surface area contributed by atoms with Gasteiger partial charge < -0.3 is 16.0 Å². The molecule has 5 aromatic rings. The van der Waals surface area contributed by atoms with E-state index in [1.54, 1.807) is 78.9 Å². The third-order valence-electron chi connectivity index (χ3n) is 6.85. The number of thioether (sulfide) groups is 1. The second kappa shape index (κ2) is 15.7. The molecule has 0 aromatic heterocycles. The van der Waals surface area contributed by atoms with Gasteiger partial charge in [0.25, 0.3) is 17.5 Å². The fourth-order valence-corrected chi connectivity index (χ4v) is 5.79. The Kier molecular flexibility index (Phi) is 11.0. The zero-order valence-electron chi connectivity index (χ0n) is 24.9. The molecule has 0 saturated heterocycles. The van der Waals surface area contributed by atoms with Gasteiger partial charge in [0.15, 0.2) is 0 Å². The van der Waals surface area contributed by atoms with Gasteiger partial charge in [0, 0.05) is 39.5 Å². The highest BCUT2D eigenvalue weighted by Gasteiger charge is 2.23. The molecule has 1 unspecified atom stereocenters. The number of hydrogen-bond donors (Lipinski definition) is 3. The van der Waals surface area contributed by atoms with Gasteiger partial charge >= 0.3 is 0 Å². The van der Waals surface area contributed by atoms with Crippen molar-refractivity contribution in [2.75, 3.05) is 10.6 Å². The van der Waals surface area contributed by atoms with Crippen LogP contribution in [0.3, 0.4) is 0 Å². The van der Waals surface area contributed by atoms with E-state index in [4.69, 9.17) is 11.6 Å². The SMILES string of the molecule is O=C(Nc1cccc(SC(C(=O)Nc2ccc([N+](=O)[O-])cc2)c2ccccc2)c1)/C(=C\c1c(F)cccc1Cl)NC(=O)c1ccccc1. The first-order chi connectivity index (χ1) is 23.2. The molecule has 3 amide bonds. The van der Waals surface area contributed by atoms with E-state index in [1.807, 2.05) is 6.07 Å². The van der Waals surface area contributed by atoms with Crippen molar-refractivity contribution in [3.63, 3.8) is 0 Å². The Morgan fingerprint density at radius 1 is 0.792 bits per heavy atom. The van der Waals surface area contributed by atoms with Crippen molar-refractivity contribution in [2.45, 2.75) is 10.1 Å². The number of benzene rings is 5. The van der Waals surface area contributed by atoms with Crippen molar-refractivity contribution in [3.8, 4) is 0 Å². The first-order valence-corrected chi connectivity index (χ1v) is 15.6. The Labute approximate surface area is 284 Å². The maximum Gasteiger partial charge on any atom is 0.272 e. The number of non-ortho nitro benzene ring substituents is 1. The molecule has 0 bridgehead atoms. The highest BCUT2D eigenvalue weighted by molar-refractivity contribution is 8.00. The number of nitro groups is 1. The van der Waals surface area contributed by atoms with Crippen LogP contribution in [-0.2, 0) is 9.59 Å². The van der Waals surface area contributed by atoms with Crippen LogP contribution in [0.15, 0.2) is 138 Å². The predicted molar refractivity (Wildman–Crippen MR) is 185 cm³/mol. The van der Waals surface area contributed by atoms with Gasteiger partial charge in [0.05, 0.1) is 9.95 Å². The fourth-order valence-electron chi connectivity index (χ4n) is 4.49. The van der Waals surface area contributed by atoms with E-state index in [-0.39, 0.29) is 33.4 Å². The Morgan fingerprint density at radius 3 is 2.12 bits per heavy atom. The van der Waals surface area contributed by atoms with E-state index in [2.05, 4.69) is 16.0 Å². The number of rotatable bonds is 11. The highest BCUT2D eigenvalue weighted by Crippen LogP contribution is 2.37. The molecule has 0 heterocycles. The number of anilines is 2. The van der Waals surface area contributed by atoms with E-state index < -0.39 is 27.8 Å². The van der Waals surface area contributed by atoms with E-state index >= 15 is 0 Å². The number of nitro benzene ring substituents is 1. The van der Waals surface area contributed by atoms with Gasteiger partial charge in [-0.25, -0.2) is 4.39 Å². The molecule has 0 aliphatic carbocycles. The molecule has 5 rings (SSSR count). The van der Waals surface area contributed by atoms with E-state index in [1.165, 1.54) is 60.3 Å². The number of amides is 3. The van der Waals surface area contributed by atoms with Gasteiger partial charge in [0.2, 0.25) is 5.91 Å². The van der Waals surface area contributed by atoms with Crippen LogP contribution in [0.5, 0.6) is 0 Å². The molecule has 0 spiro atoms. The first-order valence-electron chi connectivity index (χ1n) is 14.4. The molecule has 0 fully saturated rings. The maximum atomic E-state index is 14.7. The third kappa shape index (κ3) is 8.72. The monoisotopic (exact) mass is 680 g/mol. The van der Waals surface area contributed by atoms with Crippen LogP contribution in [0, 0.1) is 15.9 Å². The summed E-state index contributed by atoms with van der Waals surface area (Å²) in [5.41, 5.74) is 1.29. The molecule has 48 heavy (non-hydrogen) atoms. The first kappa shape index (κ1) is 33.6. The van der Waals surface area contributed by atoms with Gasteiger partial charge in [-0.15, -0.1) is 11.8 Å². The second-order valence-corrected chi connectivity index (χ2v) is 11.8. The summed E-state index contributed by atoms with van der Waals surface area (Å²) in [7, 11) is 0. The van der Waals surface area contributed by atoms with Crippen LogP contribution in [0.4, 0.5) is 21.5 Å². The minimum atomic E-state index is -0.740. The van der Waals surface area contributed by atoms with E-state index in [0.29, 0.717) is 21.8 Å². The lowest BCUT2D eigenvalue weighted by Crippen LogP contribution is -2.30. The third-order valence-corrected chi connectivity index (χ3v) is 8.43. The largest absolute Gasteiger partial charge is 0.325 e. The van der Waals surface area contributed by atoms with Gasteiger partial charge in [-0.05, 0) is 66.2 Å². The van der Waals surface area contributed by atoms with Gasteiger partial charge in [-0.2, -0.15) is 0 Å². The molecular weight excluding hydrogens is 655 g/mol. The molecule has 240 valence electrons. The molecule has 12 heteroatoms. The Morgan fingerprint density at radius 2 is 1.46 bits per heavy atom. The molecule has 0 saturated carbocycles. The molecule has 9 nitrogen and oxygen atoms in total. The lowest BCUT2D eigenvalue weighted by Gasteiger charge is -2.18. The Balaban J connectivity index is 1.39. The normalized spacial score (nSPS) is 11.7. The number of carbonyl (C=O) groups is 3. The van der Waals surface area contributed by atoms with Gasteiger partial charge in [-0.3, -0.25) is 24.5 Å². The van der Waals surface area contributed by atoms with Crippen LogP contribution in [0.25, 0.3) is 6.08 Å². The zero-order chi connectivity index (χ0) is 34.0. The summed E-state index contributed by atoms with van der Waals surface area (Å²) in [6.07, 6.45) is 1.17. The van der Waals surface area contributed by atoms with Crippen molar-refractivity contribution in [3.05, 3.63) is 171 Å². The Bertz CT molecular complexity index is 1970. The van der Waals surface area contributed by atoms with Gasteiger partial charge in [0.1, 0.15) is 16.8 Å². The Hall–Kier alpha value is -5.78. The standard InChI is InChI=1S/C36H26ClFN4O5S/c37-30-15-8-16-31(38)29(30)22-32(41-34(43)24-11-5-2-6-12-24)35(44)40-26-13-7-14-28(21-26)48-33(23-9-3-1-4-10-23)36(45)39-25-17-19-27(20-18-25)42(46)47/h1-22,33H,(H,39,45)(H,40,44)(H,41,43)/b32-22+. The van der Waals surface area contributed by atoms with Crippen LogP contribution in [0.1, 0.15) is 26.7 Å². The minimum Gasteiger partial charge on any atom is -0.325 e. The second-order valence-electron chi connectivity index (χ2n) is 10.2. The summed E-state index contributed by atoms with van der Waals surface area (Å²) in [6, 6.07) is 33.6. The molecule has 3 N–H and O–H groups in total. The summed E-state index contributed by atoms with van der Waals surface area (Å²) in [6.45, 7) is 0. The predicted octanol–water partition coefficient (Wildman–Crippen LogP) is 8.27. The number of hydrogen-bond acceptors (Lipinski definition) is 6. The fraction of sp³-hybridized carbons (Fsp3) is 0.0278. The quantitative estimate of drug-likeness (QED) is 0.0557. The zero-order valence-corrected chi connectivity index (χ0v) is 26.5. The summed E-state index contributed by atoms with van der Waals surface area (Å²) >= 11 is 7.43. The average Bonchev–Trinajstić information content (AvgIpc) is 3.09. The summed E-state index contributed by atoms with van der Waals surface area (Å²) in [4.78, 5) is 51.2. The molecule has 5 aromatic carbocycles. The van der Waals surface area contributed by atoms with Crippen molar-refractivity contribution >= 4 is 64.2 Å². The van der Waals surface area contributed by atoms with Crippen molar-refractivity contribution in [2.24, 2.45) is 0 Å². The number of carbonyl (C=O) groups excluding carboxylic acids is 3. The molecule has 0 aliphatic heterocycles. The number of nitrogens with zero attached hydrogens (tertiary/aromatic N) is 1.